The van der Waals surface area contributed by atoms with Gasteiger partial charge in [-0.2, -0.15) is 13.2 Å². The number of ether oxygens (including phenoxy) is 5. The third-order valence-electron chi connectivity index (χ3n) is 23.7. The van der Waals surface area contributed by atoms with Crippen LogP contribution in [0.5, 0.6) is 11.5 Å². The van der Waals surface area contributed by atoms with Gasteiger partial charge in [0, 0.05) is 106 Å². The first-order chi connectivity index (χ1) is 64.2. The number of anilines is 1. The zero-order valence-electron chi connectivity index (χ0n) is 75.8. The van der Waals surface area contributed by atoms with Gasteiger partial charge in [0.1, 0.15) is 88.7 Å². The third-order valence-corrected chi connectivity index (χ3v) is 28.9. The number of benzene rings is 5. The highest BCUT2D eigenvalue weighted by atomic mass is 35.5. The molecule has 4 aliphatic rings. The van der Waals surface area contributed by atoms with Gasteiger partial charge in [0.05, 0.1) is 49.1 Å². The average molecular weight is 1970 g/mol. The molecule has 135 heavy (non-hydrogen) atoms. The van der Waals surface area contributed by atoms with E-state index in [1.807, 2.05) is 32.1 Å². The SMILES string of the molecule is COc1cc2cc(c1Cl)N(C)C(=O)C[C@H](OC(=O)[C@H](C)N(C)C(=O)CCSSC[C@H](NC(=O)[C@@H]1CSSC[C@H](NC(=O)[C@@H](Cc3ccccc3)NC(=O)NCc3ccc(C(F)(F)F)cc3)C(=O)N[C@@H](Cc3ccc(O)cc3)C(=O)N[C@H](Cc3c[nH]c4ccccc34)C(=O)N[C@@H](CCCCN)C(=O)N[C@@H]([C@@H](C)O)C(=O)N1)C(N)=O)[C@]1(C)O[C@H]1[C@H](C)[C@@H]1CC(NC(=O)O1)[C@H](OC)/C=C/C=C(\C)C2. The summed E-state index contributed by atoms with van der Waals surface area (Å²) in [5, 5.41) is 49.2. The Hall–Kier alpha value is -11.2. The van der Waals surface area contributed by atoms with Crippen LogP contribution in [0.2, 0.25) is 5.02 Å². The molecule has 4 aliphatic heterocycles. The van der Waals surface area contributed by atoms with Crippen molar-refractivity contribution in [2.75, 3.05) is 62.8 Å². The number of aliphatic hydroxyl groups excluding tert-OH is 1. The number of hydrogen-bond acceptors (Lipinski definition) is 25. The molecule has 4 bridgehead atoms. The molecule has 1 unspecified atom stereocenters. The molecule has 0 radical (unpaired) electrons. The largest absolute Gasteiger partial charge is 0.508 e. The minimum Gasteiger partial charge on any atom is -0.508 e. The number of unbranched alkanes of at least 4 members (excludes halogenated alkanes) is 1. The summed E-state index contributed by atoms with van der Waals surface area (Å²) in [4.78, 5) is 195. The van der Waals surface area contributed by atoms with Crippen LogP contribution in [-0.2, 0) is 110 Å². The fourth-order valence-electron chi connectivity index (χ4n) is 15.6. The second kappa shape index (κ2) is 49.5. The third kappa shape index (κ3) is 29.9. The van der Waals surface area contributed by atoms with Crippen LogP contribution in [-0.4, -0.2) is 252 Å². The van der Waals surface area contributed by atoms with Gasteiger partial charge in [-0.3, -0.25) is 47.9 Å². The number of allylic oxidation sites excluding steroid dienone is 3. The zero-order valence-corrected chi connectivity index (χ0v) is 79.8. The smallest absolute Gasteiger partial charge is 0.416 e. The van der Waals surface area contributed by atoms with E-state index in [4.69, 9.17) is 46.8 Å². The fourth-order valence-corrected chi connectivity index (χ4v) is 20.3. The molecule has 0 saturated carbocycles. The van der Waals surface area contributed by atoms with E-state index in [0.29, 0.717) is 58.3 Å². The van der Waals surface area contributed by atoms with E-state index >= 15 is 19.2 Å². The second-order valence-electron chi connectivity index (χ2n) is 33.6. The van der Waals surface area contributed by atoms with Crippen molar-refractivity contribution in [2.24, 2.45) is 17.4 Å². The van der Waals surface area contributed by atoms with Gasteiger partial charge in [-0.05, 0) is 130 Å². The molecule has 43 heteroatoms. The van der Waals surface area contributed by atoms with Gasteiger partial charge in [-0.15, -0.1) is 0 Å². The average Bonchev–Trinajstić information content (AvgIpc) is 1.57. The first kappa shape index (κ1) is 106. The number of nitrogens with one attached hydrogen (secondary N) is 11. The van der Waals surface area contributed by atoms with Crippen molar-refractivity contribution in [1.29, 1.82) is 0 Å². The Kier molecular flexibility index (Phi) is 38.8. The maximum Gasteiger partial charge on any atom is 0.416 e. The number of nitrogens with zero attached hydrogens (tertiary/aromatic N) is 2. The monoisotopic (exact) mass is 1970 g/mol. The number of urea groups is 1. The maximum atomic E-state index is 15.4. The van der Waals surface area contributed by atoms with Gasteiger partial charge in [0.15, 0.2) is 0 Å². The number of carbonyl (C=O) groups is 13. The number of halogens is 4. The Bertz CT molecular complexity index is 5270. The first-order valence-electron chi connectivity index (χ1n) is 43.7. The van der Waals surface area contributed by atoms with E-state index in [9.17, 15) is 66.5 Å². The van der Waals surface area contributed by atoms with Crippen LogP contribution in [0.15, 0.2) is 145 Å². The fraction of sp³-hybridized carbons (Fsp3) is 0.467. The summed E-state index contributed by atoms with van der Waals surface area (Å²) >= 11 is 6.91. The number of alkyl carbamates (subject to hydrolysis) is 1. The summed E-state index contributed by atoms with van der Waals surface area (Å²) in [5.74, 6) is -11.7. The molecule has 730 valence electrons. The summed E-state index contributed by atoms with van der Waals surface area (Å²) in [7, 11) is 9.64. The number of methoxy groups -OCH3 is 2. The van der Waals surface area contributed by atoms with Gasteiger partial charge in [0.25, 0.3) is 0 Å². The molecule has 35 nitrogen and oxygen atoms in total. The number of H-pyrrole nitrogens is 1. The molecule has 10 rings (SSSR count). The number of aliphatic hydroxyl groups is 1. The number of aromatic amines is 1. The van der Waals surface area contributed by atoms with Crippen LogP contribution in [0.1, 0.15) is 107 Å². The topological polar surface area (TPSA) is 506 Å². The number of alkyl halides is 3. The van der Waals surface area contributed by atoms with Crippen molar-refractivity contribution in [3.63, 3.8) is 0 Å². The summed E-state index contributed by atoms with van der Waals surface area (Å²) in [6.07, 6.45) is -3.48. The van der Waals surface area contributed by atoms with Crippen LogP contribution in [0.25, 0.3) is 10.9 Å². The summed E-state index contributed by atoms with van der Waals surface area (Å²) in [6.45, 7) is 7.89. The molecule has 17 N–H and O–H groups in total. The van der Waals surface area contributed by atoms with Crippen molar-refractivity contribution >= 4 is 149 Å². The molecule has 3 saturated heterocycles. The molecule has 0 aliphatic carbocycles. The Morgan fingerprint density at radius 2 is 1.46 bits per heavy atom. The van der Waals surface area contributed by atoms with Crippen LogP contribution in [0.4, 0.5) is 28.4 Å². The lowest BCUT2D eigenvalue weighted by atomic mass is 9.84. The van der Waals surface area contributed by atoms with E-state index in [1.165, 1.54) is 71.3 Å². The Balaban J connectivity index is 0.877. The number of epoxide rings is 1. The highest BCUT2D eigenvalue weighted by Gasteiger charge is 2.64. The Labute approximate surface area is 799 Å². The number of primary amides is 1. The number of para-hydroxylation sites is 1. The number of aromatic hydroxyl groups is 1. The number of esters is 1. The number of rotatable bonds is 30. The molecule has 6 aromatic rings. The zero-order chi connectivity index (χ0) is 98.1. The van der Waals surface area contributed by atoms with Crippen LogP contribution >= 0.6 is 54.8 Å². The van der Waals surface area contributed by atoms with Crippen molar-refractivity contribution in [3.8, 4) is 11.5 Å². The lowest BCUT2D eigenvalue weighted by molar-refractivity contribution is -0.162. The highest BCUT2D eigenvalue weighted by molar-refractivity contribution is 8.77. The van der Waals surface area contributed by atoms with Gasteiger partial charge in [-0.1, -0.05) is 158 Å². The summed E-state index contributed by atoms with van der Waals surface area (Å²) in [5.41, 5.74) is 13.9. The molecule has 0 spiro atoms. The van der Waals surface area contributed by atoms with E-state index in [2.05, 4.69) is 58.2 Å². The van der Waals surface area contributed by atoms with Crippen LogP contribution < -0.4 is 74.3 Å². The molecular formula is C92H115ClF3N15O20S4. The number of hydrogen-bond donors (Lipinski definition) is 15. The predicted molar refractivity (Wildman–Crippen MR) is 506 cm³/mol. The quantitative estimate of drug-likeness (QED) is 0.00983. The molecule has 13 amide bonds. The standard InChI is InChI=1S/C92H115ClF3N15O20S4/c1-49-18-17-24-71(127-8)63-42-72(129-90(126)108-63)50(2)79-91(5,131-79)74(43-76(115)111(7)70-39-56(36-49)40-73(128-9)77(70)93)130-88(124)51(3)110(6)75(114)33-35-132-133-46-67(80(98)116)104-86(122)69-48-135-134-47-68(105-83(119)65(37-53-19-11-10-12-20-53)107-89(125)100-44-55-25-29-58(30-26-55)92(94,95)96)85(121)102-64(38-54-27-31-59(113)32-28-54)82(118)103-66(41-57-45-99-61-22-14-13-21-60(57)61)84(120)101-62(23-15-16-34-97)81(117)109-78(52(4)112)87(123)106-69/h10-14,17-22,24-32,39-40,45,50-52,62-69,71-72,74,78-79,99,112-113H,15-16,23,33-38,41-44,46-48,97H2,1-9H3,(H2,98,116)(H,101,120)(H,102,121)(H,103,118)(H,104,122)(H,105,119)(H,106,123)(H,108,126)(H,109,117)(H2,100,107,125)/b24-17+,49-18+/t50-,51+,52-,62+,63?,64+,65-,66-,67+,68+,69+,71-,72+,74+,78+,79+,91+/m1/s1. The van der Waals surface area contributed by atoms with E-state index < -0.39 is 209 Å². The number of aromatic nitrogens is 1. The number of carbonyl (C=O) groups excluding carboxylic acids is 13. The van der Waals surface area contributed by atoms with Gasteiger partial charge in [-0.25, -0.2) is 14.4 Å². The Morgan fingerprint density at radius 1 is 0.793 bits per heavy atom. The summed E-state index contributed by atoms with van der Waals surface area (Å²) < 4.78 is 70.6. The van der Waals surface area contributed by atoms with Crippen molar-refractivity contribution in [3.05, 3.63) is 184 Å². The number of likely N-dealkylation sites (N-methyl/N-ethyl adjacent to an activating group) is 1. The van der Waals surface area contributed by atoms with Crippen LogP contribution in [0.3, 0.4) is 0 Å². The molecule has 5 aromatic carbocycles. The van der Waals surface area contributed by atoms with Gasteiger partial charge >= 0.3 is 24.3 Å². The second-order valence-corrected chi connectivity index (χ2v) is 39.1. The van der Waals surface area contributed by atoms with E-state index in [-0.39, 0.29) is 79.5 Å². The molecule has 3 fully saturated rings. The van der Waals surface area contributed by atoms with Crippen molar-refractivity contribution in [2.45, 2.75) is 208 Å². The molecule has 1 aromatic heterocycles. The van der Waals surface area contributed by atoms with Crippen LogP contribution in [0, 0.1) is 5.92 Å². The number of phenolic OH excluding ortho intramolecular Hbond substituents is 1. The number of nitrogens with two attached hydrogens (primary N) is 2. The number of phenols is 1. The van der Waals surface area contributed by atoms with Gasteiger partial charge in [0.2, 0.25) is 59.1 Å². The highest BCUT2D eigenvalue weighted by Crippen LogP contribution is 2.49. The predicted octanol–water partition coefficient (Wildman–Crippen LogP) is 6.55. The molecule has 17 atom stereocenters. The van der Waals surface area contributed by atoms with E-state index in [0.717, 1.165) is 83.5 Å². The normalized spacial score (nSPS) is 24.5. The van der Waals surface area contributed by atoms with Gasteiger partial charge < -0.3 is 113 Å². The minimum absolute atomic E-state index is 0.0417. The van der Waals surface area contributed by atoms with E-state index in [1.54, 1.807) is 79.9 Å². The first-order valence-corrected chi connectivity index (χ1v) is 49.1. The Morgan fingerprint density at radius 3 is 2.14 bits per heavy atom. The summed E-state index contributed by atoms with van der Waals surface area (Å²) in [6, 6.07) is 12.7. The lowest BCUT2D eigenvalue weighted by Crippen LogP contribution is -2.62. The number of amides is 13. The lowest BCUT2D eigenvalue weighted by Gasteiger charge is -2.36. The number of fused-ring (bicyclic) bond motifs is 6. The minimum atomic E-state index is -4.64. The molecule has 5 heterocycles. The van der Waals surface area contributed by atoms with Crippen molar-refractivity contribution in [1.82, 2.24) is 63.1 Å². The van der Waals surface area contributed by atoms with Crippen molar-refractivity contribution < 1.29 is 109 Å². The maximum absolute atomic E-state index is 15.4. The molecular weight excluding hydrogens is 1860 g/mol.